The first-order chi connectivity index (χ1) is 15.5. The number of nitrogens with zero attached hydrogens (tertiary/aromatic N) is 3. The van der Waals surface area contributed by atoms with Crippen LogP contribution in [0, 0.1) is 0 Å². The maximum atomic E-state index is 12.9. The van der Waals surface area contributed by atoms with E-state index in [-0.39, 0.29) is 11.9 Å². The number of pyridine rings is 1. The second kappa shape index (κ2) is 10.7. The van der Waals surface area contributed by atoms with Gasteiger partial charge in [0.25, 0.3) is 5.91 Å². The standard InChI is InChI=1S/C24H25N5O3/c1-29(2)21-9-5-6-18(15-21)22(30)28-24(26-16-17-10-12-25-13-11-17)27-20-8-4-7-19(14-20)23(31)32-3/h4-15H,16H2,1-3H3,(H2,26,27,28,30). The van der Waals surface area contributed by atoms with Gasteiger partial charge < -0.3 is 15.0 Å². The van der Waals surface area contributed by atoms with Crippen molar-refractivity contribution in [1.82, 2.24) is 10.3 Å². The summed E-state index contributed by atoms with van der Waals surface area (Å²) in [6.07, 6.45) is 3.37. The van der Waals surface area contributed by atoms with E-state index in [1.807, 2.05) is 43.3 Å². The van der Waals surface area contributed by atoms with Crippen LogP contribution in [-0.2, 0) is 11.3 Å². The molecule has 3 rings (SSSR count). The quantitative estimate of drug-likeness (QED) is 0.353. The highest BCUT2D eigenvalue weighted by molar-refractivity contribution is 6.10. The van der Waals surface area contributed by atoms with Crippen molar-refractivity contribution in [3.05, 3.63) is 89.7 Å². The molecular weight excluding hydrogens is 406 g/mol. The predicted octanol–water partition coefficient (Wildman–Crippen LogP) is 3.33. The molecule has 32 heavy (non-hydrogen) atoms. The summed E-state index contributed by atoms with van der Waals surface area (Å²) in [6, 6.07) is 17.8. The van der Waals surface area contributed by atoms with Crippen molar-refractivity contribution in [2.24, 2.45) is 4.99 Å². The molecule has 0 aliphatic carbocycles. The third kappa shape index (κ3) is 6.15. The van der Waals surface area contributed by atoms with Crippen molar-refractivity contribution in [3.8, 4) is 0 Å². The minimum Gasteiger partial charge on any atom is -0.465 e. The number of esters is 1. The van der Waals surface area contributed by atoms with Crippen molar-refractivity contribution in [2.75, 3.05) is 31.4 Å². The minimum absolute atomic E-state index is 0.254. The van der Waals surface area contributed by atoms with E-state index in [0.29, 0.717) is 23.4 Å². The molecule has 8 nitrogen and oxygen atoms in total. The molecule has 8 heteroatoms. The number of hydrogen-bond acceptors (Lipinski definition) is 6. The zero-order chi connectivity index (χ0) is 22.9. The number of aromatic nitrogens is 1. The molecule has 0 saturated carbocycles. The Morgan fingerprint density at radius 1 is 1.00 bits per heavy atom. The van der Waals surface area contributed by atoms with Crippen LogP contribution in [0.1, 0.15) is 26.3 Å². The highest BCUT2D eigenvalue weighted by Gasteiger charge is 2.12. The normalized spacial score (nSPS) is 10.9. The first kappa shape index (κ1) is 22.5. The van der Waals surface area contributed by atoms with E-state index in [1.54, 1.807) is 48.8 Å². The fraction of sp³-hybridized carbons (Fsp3) is 0.167. The van der Waals surface area contributed by atoms with Gasteiger partial charge in [0, 0.05) is 43.4 Å². The van der Waals surface area contributed by atoms with Crippen LogP contribution in [0.2, 0.25) is 0 Å². The van der Waals surface area contributed by atoms with Gasteiger partial charge in [-0.3, -0.25) is 15.1 Å². The maximum absolute atomic E-state index is 12.9. The Hall–Kier alpha value is -4.20. The minimum atomic E-state index is -0.450. The molecule has 0 aliphatic heterocycles. The van der Waals surface area contributed by atoms with E-state index in [4.69, 9.17) is 4.74 Å². The summed E-state index contributed by atoms with van der Waals surface area (Å²) >= 11 is 0. The van der Waals surface area contributed by atoms with Gasteiger partial charge in [-0.15, -0.1) is 0 Å². The van der Waals surface area contributed by atoms with Crippen LogP contribution in [0.15, 0.2) is 78.0 Å². The van der Waals surface area contributed by atoms with Gasteiger partial charge in [0.2, 0.25) is 5.96 Å². The van der Waals surface area contributed by atoms with Crippen molar-refractivity contribution >= 4 is 29.2 Å². The summed E-state index contributed by atoms with van der Waals surface area (Å²) in [4.78, 5) is 35.2. The summed E-state index contributed by atoms with van der Waals surface area (Å²) in [5, 5.41) is 5.92. The van der Waals surface area contributed by atoms with E-state index in [0.717, 1.165) is 11.3 Å². The largest absolute Gasteiger partial charge is 0.465 e. The highest BCUT2D eigenvalue weighted by atomic mass is 16.5. The van der Waals surface area contributed by atoms with Crippen LogP contribution in [0.5, 0.6) is 0 Å². The van der Waals surface area contributed by atoms with Gasteiger partial charge in [-0.2, -0.15) is 0 Å². The Labute approximate surface area is 187 Å². The number of aliphatic imine (C=N–C) groups is 1. The van der Waals surface area contributed by atoms with Crippen LogP contribution < -0.4 is 15.5 Å². The van der Waals surface area contributed by atoms with Gasteiger partial charge in [0.05, 0.1) is 19.2 Å². The molecule has 0 fully saturated rings. The predicted molar refractivity (Wildman–Crippen MR) is 125 cm³/mol. The molecule has 2 aromatic carbocycles. The van der Waals surface area contributed by atoms with Gasteiger partial charge >= 0.3 is 5.97 Å². The lowest BCUT2D eigenvalue weighted by Gasteiger charge is -2.15. The Morgan fingerprint density at radius 3 is 2.44 bits per heavy atom. The average molecular weight is 431 g/mol. The maximum Gasteiger partial charge on any atom is 0.337 e. The monoisotopic (exact) mass is 431 g/mol. The number of guanidine groups is 1. The van der Waals surface area contributed by atoms with Crippen LogP contribution >= 0.6 is 0 Å². The van der Waals surface area contributed by atoms with Crippen LogP contribution in [0.4, 0.5) is 11.4 Å². The molecular formula is C24H25N5O3. The summed E-state index contributed by atoms with van der Waals surface area (Å²) in [6.45, 7) is 0.333. The number of carbonyl (C=O) groups excluding carboxylic acids is 2. The number of ether oxygens (including phenoxy) is 1. The van der Waals surface area contributed by atoms with E-state index >= 15 is 0 Å². The second-order valence-corrected chi connectivity index (χ2v) is 7.12. The van der Waals surface area contributed by atoms with Crippen molar-refractivity contribution < 1.29 is 14.3 Å². The van der Waals surface area contributed by atoms with Crippen molar-refractivity contribution in [3.63, 3.8) is 0 Å². The lowest BCUT2D eigenvalue weighted by Crippen LogP contribution is -2.36. The number of hydrogen-bond donors (Lipinski definition) is 2. The van der Waals surface area contributed by atoms with Gasteiger partial charge in [0.1, 0.15) is 0 Å². The number of nitrogens with one attached hydrogen (secondary N) is 2. The van der Waals surface area contributed by atoms with Crippen LogP contribution in [0.3, 0.4) is 0 Å². The number of benzene rings is 2. The molecule has 0 bridgehead atoms. The van der Waals surface area contributed by atoms with Gasteiger partial charge in [-0.1, -0.05) is 12.1 Å². The lowest BCUT2D eigenvalue weighted by molar-refractivity contribution is 0.0600. The molecule has 2 N–H and O–H groups in total. The zero-order valence-electron chi connectivity index (χ0n) is 18.2. The Kier molecular flexibility index (Phi) is 7.53. The van der Waals surface area contributed by atoms with Gasteiger partial charge in [-0.05, 0) is 54.1 Å². The summed E-state index contributed by atoms with van der Waals surface area (Å²) in [7, 11) is 5.15. The highest BCUT2D eigenvalue weighted by Crippen LogP contribution is 2.14. The van der Waals surface area contributed by atoms with E-state index in [9.17, 15) is 9.59 Å². The molecule has 0 spiro atoms. The molecule has 3 aromatic rings. The Morgan fingerprint density at radius 2 is 1.72 bits per heavy atom. The second-order valence-electron chi connectivity index (χ2n) is 7.12. The Bertz CT molecular complexity index is 1110. The van der Waals surface area contributed by atoms with Crippen molar-refractivity contribution in [2.45, 2.75) is 6.54 Å². The molecule has 1 heterocycles. The lowest BCUT2D eigenvalue weighted by atomic mass is 10.2. The topological polar surface area (TPSA) is 95.9 Å². The van der Waals surface area contributed by atoms with E-state index in [1.165, 1.54) is 7.11 Å². The SMILES string of the molecule is COC(=O)c1cccc(NC(=NCc2ccncc2)NC(=O)c2cccc(N(C)C)c2)c1. The fourth-order valence-electron chi connectivity index (χ4n) is 2.85. The Balaban J connectivity index is 1.84. The first-order valence-corrected chi connectivity index (χ1v) is 9.94. The molecule has 0 saturated heterocycles. The van der Waals surface area contributed by atoms with E-state index in [2.05, 4.69) is 20.6 Å². The van der Waals surface area contributed by atoms with Crippen LogP contribution in [0.25, 0.3) is 0 Å². The molecule has 164 valence electrons. The first-order valence-electron chi connectivity index (χ1n) is 9.94. The number of rotatable bonds is 6. The molecule has 1 amide bonds. The number of carbonyl (C=O) groups is 2. The smallest absolute Gasteiger partial charge is 0.337 e. The average Bonchev–Trinajstić information content (AvgIpc) is 2.82. The van der Waals surface area contributed by atoms with Gasteiger partial charge in [0.15, 0.2) is 0 Å². The van der Waals surface area contributed by atoms with E-state index < -0.39 is 5.97 Å². The third-order valence-electron chi connectivity index (χ3n) is 4.57. The van der Waals surface area contributed by atoms with Crippen LogP contribution in [-0.4, -0.2) is 44.0 Å². The molecule has 0 atom stereocenters. The number of anilines is 2. The fourth-order valence-corrected chi connectivity index (χ4v) is 2.85. The van der Waals surface area contributed by atoms with Crippen molar-refractivity contribution in [1.29, 1.82) is 0 Å². The number of methoxy groups -OCH3 is 1. The molecule has 1 aromatic heterocycles. The summed E-state index contributed by atoms with van der Waals surface area (Å²) in [5.74, 6) is -0.503. The third-order valence-corrected chi connectivity index (χ3v) is 4.57. The number of amides is 1. The van der Waals surface area contributed by atoms with Gasteiger partial charge in [-0.25, -0.2) is 9.79 Å². The zero-order valence-corrected chi connectivity index (χ0v) is 18.2. The summed E-state index contributed by atoms with van der Waals surface area (Å²) in [5.41, 5.74) is 3.32. The summed E-state index contributed by atoms with van der Waals surface area (Å²) < 4.78 is 4.78. The molecule has 0 aliphatic rings. The molecule has 0 radical (unpaired) electrons. The molecule has 0 unspecified atom stereocenters.